The maximum Gasteiger partial charge on any atom is 0.239 e. The fraction of sp³-hybridized carbons (Fsp3) is 0.938. The summed E-state index contributed by atoms with van der Waals surface area (Å²) in [6, 6.07) is -0.182. The predicted octanol–water partition coefficient (Wildman–Crippen LogP) is 1.20. The third-order valence-electron chi connectivity index (χ3n) is 5.51. The highest BCUT2D eigenvalue weighted by Crippen LogP contribution is 2.40. The molecule has 3 fully saturated rings. The molecule has 23 heavy (non-hydrogen) atoms. The molecule has 6 atom stereocenters. The summed E-state index contributed by atoms with van der Waals surface area (Å²) in [5, 5.41) is 13.4. The molecule has 132 valence electrons. The van der Waals surface area contributed by atoms with Crippen molar-refractivity contribution in [2.75, 3.05) is 32.8 Å². The highest BCUT2D eigenvalue weighted by molar-refractivity contribution is 6.30. The summed E-state index contributed by atoms with van der Waals surface area (Å²) < 4.78 is 5.31. The number of carbonyl (C=O) groups excluding carboxylic acids is 1. The van der Waals surface area contributed by atoms with Gasteiger partial charge in [-0.15, -0.1) is 23.2 Å². The Balaban J connectivity index is 1.64. The van der Waals surface area contributed by atoms with Crippen LogP contribution in [0.25, 0.3) is 0 Å². The molecule has 1 amide bonds. The van der Waals surface area contributed by atoms with E-state index in [1.165, 1.54) is 0 Å². The van der Waals surface area contributed by atoms with Gasteiger partial charge < -0.3 is 20.1 Å². The molecule has 7 heteroatoms. The zero-order valence-electron chi connectivity index (χ0n) is 13.3. The van der Waals surface area contributed by atoms with Gasteiger partial charge in [-0.1, -0.05) is 0 Å². The Morgan fingerprint density at radius 1 is 1.17 bits per heavy atom. The predicted molar refractivity (Wildman–Crippen MR) is 89.9 cm³/mol. The van der Waals surface area contributed by atoms with Gasteiger partial charge in [-0.05, 0) is 38.1 Å². The van der Waals surface area contributed by atoms with Crippen molar-refractivity contribution in [2.45, 2.75) is 48.6 Å². The number of aliphatic hydroxyl groups is 1. The molecule has 2 N–H and O–H groups in total. The Morgan fingerprint density at radius 3 is 2.65 bits per heavy atom. The van der Waals surface area contributed by atoms with Crippen LogP contribution >= 0.6 is 23.2 Å². The first-order valence-electron chi connectivity index (χ1n) is 8.64. The molecule has 3 unspecified atom stereocenters. The molecular formula is C16H26Cl2N2O3. The van der Waals surface area contributed by atoms with E-state index in [1.54, 1.807) is 0 Å². The van der Waals surface area contributed by atoms with Crippen molar-refractivity contribution in [3.63, 3.8) is 0 Å². The summed E-state index contributed by atoms with van der Waals surface area (Å²) in [5.74, 6) is 0.372. The Bertz CT molecular complexity index is 420. The third kappa shape index (κ3) is 3.96. The number of amides is 1. The van der Waals surface area contributed by atoms with E-state index < -0.39 is 6.10 Å². The summed E-state index contributed by atoms with van der Waals surface area (Å²) in [5.41, 5.74) is 0. The minimum atomic E-state index is -0.408. The molecule has 0 radical (unpaired) electrons. The number of hydrogen-bond donors (Lipinski definition) is 2. The number of ether oxygens (including phenoxy) is 1. The van der Waals surface area contributed by atoms with E-state index in [0.29, 0.717) is 32.7 Å². The normalized spacial score (nSPS) is 42.5. The molecule has 0 aromatic rings. The standard InChI is InChI=1S/C16H26Cl2N2O3/c17-11-1-2-13(21)14(15(11)18)10-3-4-19-12(9-10)16(22)20-5-7-23-8-6-20/h10-15,19,21H,1-9H2/t10-,11?,12-,13?,14-,15?/m1/s1. The molecular weight excluding hydrogens is 339 g/mol. The smallest absolute Gasteiger partial charge is 0.239 e. The molecule has 2 aliphatic heterocycles. The van der Waals surface area contributed by atoms with E-state index in [2.05, 4.69) is 5.32 Å². The fourth-order valence-corrected chi connectivity index (χ4v) is 4.99. The molecule has 2 saturated heterocycles. The molecule has 2 heterocycles. The van der Waals surface area contributed by atoms with Crippen molar-refractivity contribution in [3.05, 3.63) is 0 Å². The second-order valence-corrected chi connectivity index (χ2v) is 7.98. The number of piperidine rings is 1. The van der Waals surface area contributed by atoms with Gasteiger partial charge in [0.15, 0.2) is 0 Å². The quantitative estimate of drug-likeness (QED) is 0.722. The van der Waals surface area contributed by atoms with Crippen molar-refractivity contribution in [1.82, 2.24) is 10.2 Å². The number of hydrogen-bond acceptors (Lipinski definition) is 4. The summed E-state index contributed by atoms with van der Waals surface area (Å²) in [4.78, 5) is 14.6. The van der Waals surface area contributed by atoms with Gasteiger partial charge >= 0.3 is 0 Å². The first-order chi connectivity index (χ1) is 11.1. The lowest BCUT2D eigenvalue weighted by Gasteiger charge is -2.43. The van der Waals surface area contributed by atoms with E-state index >= 15 is 0 Å². The number of alkyl halides is 2. The van der Waals surface area contributed by atoms with Crippen LogP contribution in [0.3, 0.4) is 0 Å². The minimum Gasteiger partial charge on any atom is -0.393 e. The van der Waals surface area contributed by atoms with Crippen molar-refractivity contribution in [3.8, 4) is 0 Å². The topological polar surface area (TPSA) is 61.8 Å². The number of nitrogens with zero attached hydrogens (tertiary/aromatic N) is 1. The van der Waals surface area contributed by atoms with Crippen LogP contribution in [0.15, 0.2) is 0 Å². The molecule has 5 nitrogen and oxygen atoms in total. The van der Waals surface area contributed by atoms with Crippen molar-refractivity contribution in [2.24, 2.45) is 11.8 Å². The Morgan fingerprint density at radius 2 is 1.91 bits per heavy atom. The van der Waals surface area contributed by atoms with Gasteiger partial charge in [0.1, 0.15) is 0 Å². The first-order valence-corrected chi connectivity index (χ1v) is 9.51. The largest absolute Gasteiger partial charge is 0.393 e. The van der Waals surface area contributed by atoms with Crippen LogP contribution in [0.2, 0.25) is 0 Å². The molecule has 3 aliphatic rings. The molecule has 0 bridgehead atoms. The maximum absolute atomic E-state index is 12.7. The molecule has 0 aromatic carbocycles. The Labute approximate surface area is 147 Å². The van der Waals surface area contributed by atoms with E-state index in [1.807, 2.05) is 4.90 Å². The summed E-state index contributed by atoms with van der Waals surface area (Å²) >= 11 is 12.8. The Hall–Kier alpha value is -0.0700. The van der Waals surface area contributed by atoms with Crippen LogP contribution in [0, 0.1) is 11.8 Å². The first kappa shape index (κ1) is 17.7. The van der Waals surface area contributed by atoms with E-state index in [4.69, 9.17) is 27.9 Å². The lowest BCUT2D eigenvalue weighted by atomic mass is 9.72. The monoisotopic (exact) mass is 364 g/mol. The number of halogens is 2. The zero-order chi connectivity index (χ0) is 16.4. The lowest BCUT2D eigenvalue weighted by molar-refractivity contribution is -0.139. The summed E-state index contributed by atoms with van der Waals surface area (Å²) in [6.07, 6.45) is 2.71. The second-order valence-electron chi connectivity index (χ2n) is 6.91. The molecule has 0 aromatic heterocycles. The van der Waals surface area contributed by atoms with E-state index in [9.17, 15) is 9.90 Å². The van der Waals surface area contributed by atoms with Crippen LogP contribution in [0.1, 0.15) is 25.7 Å². The Kier molecular flexibility index (Phi) is 6.07. The molecule has 0 spiro atoms. The van der Waals surface area contributed by atoms with Crippen LogP contribution in [0.4, 0.5) is 0 Å². The van der Waals surface area contributed by atoms with Crippen LogP contribution < -0.4 is 5.32 Å². The van der Waals surface area contributed by atoms with Gasteiger partial charge in [0, 0.05) is 19.0 Å². The van der Waals surface area contributed by atoms with Gasteiger partial charge in [0.25, 0.3) is 0 Å². The van der Waals surface area contributed by atoms with Gasteiger partial charge in [0.2, 0.25) is 5.91 Å². The van der Waals surface area contributed by atoms with Crippen LogP contribution in [0.5, 0.6) is 0 Å². The van der Waals surface area contributed by atoms with Gasteiger partial charge in [-0.25, -0.2) is 0 Å². The minimum absolute atomic E-state index is 0.0185. The number of rotatable bonds is 2. The van der Waals surface area contributed by atoms with Crippen LogP contribution in [-0.4, -0.2) is 71.7 Å². The molecule has 1 aliphatic carbocycles. The van der Waals surface area contributed by atoms with Crippen molar-refractivity contribution < 1.29 is 14.6 Å². The maximum atomic E-state index is 12.7. The molecule has 1 saturated carbocycles. The summed E-state index contributed by atoms with van der Waals surface area (Å²) in [7, 11) is 0. The van der Waals surface area contributed by atoms with Crippen molar-refractivity contribution in [1.29, 1.82) is 0 Å². The van der Waals surface area contributed by atoms with Gasteiger partial charge in [0.05, 0.1) is 36.1 Å². The van der Waals surface area contributed by atoms with E-state index in [0.717, 1.165) is 25.8 Å². The second kappa shape index (κ2) is 7.87. The number of carbonyl (C=O) groups is 1. The molecule has 3 rings (SSSR count). The summed E-state index contributed by atoms with van der Waals surface area (Å²) in [6.45, 7) is 3.33. The highest BCUT2D eigenvalue weighted by Gasteiger charge is 2.44. The van der Waals surface area contributed by atoms with Crippen LogP contribution in [-0.2, 0) is 9.53 Å². The highest BCUT2D eigenvalue weighted by atomic mass is 35.5. The van der Waals surface area contributed by atoms with Gasteiger partial charge in [-0.3, -0.25) is 4.79 Å². The lowest BCUT2D eigenvalue weighted by Crippen LogP contribution is -2.55. The average Bonchev–Trinajstić information content (AvgIpc) is 2.59. The van der Waals surface area contributed by atoms with Crippen molar-refractivity contribution >= 4 is 29.1 Å². The average molecular weight is 365 g/mol. The number of morpholine rings is 1. The van der Waals surface area contributed by atoms with Gasteiger partial charge in [-0.2, -0.15) is 0 Å². The SMILES string of the molecule is O=C([C@H]1C[C@H]([C@@H]2C(O)CCC(Cl)C2Cl)CCN1)N1CCOCC1. The number of aliphatic hydroxyl groups excluding tert-OH is 1. The zero-order valence-corrected chi connectivity index (χ0v) is 14.8. The third-order valence-corrected chi connectivity index (χ3v) is 6.72. The number of nitrogens with one attached hydrogen (secondary N) is 1. The van der Waals surface area contributed by atoms with E-state index in [-0.39, 0.29) is 34.5 Å². The fourth-order valence-electron chi connectivity index (χ4n) is 4.20.